The molecule has 0 aromatic carbocycles. The fourth-order valence-electron chi connectivity index (χ4n) is 1.40. The lowest BCUT2D eigenvalue weighted by atomic mass is 9.83. The van der Waals surface area contributed by atoms with Crippen LogP contribution in [0.3, 0.4) is 0 Å². The van der Waals surface area contributed by atoms with Crippen LogP contribution in [0.15, 0.2) is 0 Å². The number of carbonyl (C=O) groups is 1. The van der Waals surface area contributed by atoms with Crippen LogP contribution in [0.1, 0.15) is 33.1 Å². The van der Waals surface area contributed by atoms with Crippen molar-refractivity contribution in [2.24, 2.45) is 11.1 Å². The third-order valence-electron chi connectivity index (χ3n) is 3.15. The smallest absolute Gasteiger partial charge is 0.237 e. The molecule has 0 fully saturated rings. The monoisotopic (exact) mass is 226 g/mol. The van der Waals surface area contributed by atoms with Crippen molar-refractivity contribution in [2.75, 3.05) is 13.2 Å². The van der Waals surface area contributed by atoms with Crippen molar-refractivity contribution >= 4 is 5.91 Å². The second-order valence-electron chi connectivity index (χ2n) is 4.10. The normalized spacial score (nSPS) is 12.9. The highest BCUT2D eigenvalue weighted by Crippen LogP contribution is 2.24. The van der Waals surface area contributed by atoms with Gasteiger partial charge in [-0.15, -0.1) is 12.3 Å². The van der Waals surface area contributed by atoms with E-state index in [1.165, 1.54) is 0 Å². The van der Waals surface area contributed by atoms with E-state index in [1.54, 1.807) is 0 Å². The number of hydrogen-bond acceptors (Lipinski definition) is 3. The highest BCUT2D eigenvalue weighted by atomic mass is 16.3. The molecule has 0 aliphatic carbocycles. The average molecular weight is 226 g/mol. The first kappa shape index (κ1) is 14.9. The zero-order chi connectivity index (χ0) is 12.6. The Labute approximate surface area is 97.6 Å². The molecule has 0 aromatic rings. The van der Waals surface area contributed by atoms with E-state index in [0.29, 0.717) is 6.54 Å². The maximum absolute atomic E-state index is 11.5. The van der Waals surface area contributed by atoms with E-state index >= 15 is 0 Å². The van der Waals surface area contributed by atoms with Gasteiger partial charge in [-0.1, -0.05) is 13.8 Å². The summed E-state index contributed by atoms with van der Waals surface area (Å²) in [4.78, 5) is 11.5. The van der Waals surface area contributed by atoms with E-state index in [4.69, 9.17) is 12.2 Å². The van der Waals surface area contributed by atoms with Gasteiger partial charge in [0.1, 0.15) is 0 Å². The minimum atomic E-state index is -0.657. The molecule has 0 bridgehead atoms. The number of nitrogens with two attached hydrogens (primary N) is 1. The number of nitrogens with one attached hydrogen (secondary N) is 1. The van der Waals surface area contributed by atoms with Crippen molar-refractivity contribution in [3.63, 3.8) is 0 Å². The summed E-state index contributed by atoms with van der Waals surface area (Å²) in [6.45, 7) is 4.48. The molecule has 1 amide bonds. The second kappa shape index (κ2) is 7.26. The fourth-order valence-corrected chi connectivity index (χ4v) is 1.40. The van der Waals surface area contributed by atoms with Crippen molar-refractivity contribution in [2.45, 2.75) is 39.2 Å². The molecule has 0 saturated heterocycles. The molecular weight excluding hydrogens is 204 g/mol. The van der Waals surface area contributed by atoms with Crippen LogP contribution < -0.4 is 11.1 Å². The van der Waals surface area contributed by atoms with Gasteiger partial charge >= 0.3 is 0 Å². The first-order valence-electron chi connectivity index (χ1n) is 5.62. The van der Waals surface area contributed by atoms with Crippen LogP contribution in [0, 0.1) is 17.8 Å². The number of terminal acetylenes is 1. The zero-order valence-electron chi connectivity index (χ0n) is 10.1. The van der Waals surface area contributed by atoms with Crippen molar-refractivity contribution in [3.05, 3.63) is 0 Å². The highest BCUT2D eigenvalue weighted by Gasteiger charge is 2.26. The molecule has 0 heterocycles. The molecule has 0 rings (SSSR count). The fraction of sp³-hybridized carbons (Fsp3) is 0.750. The molecule has 4 N–H and O–H groups in total. The Morgan fingerprint density at radius 3 is 2.50 bits per heavy atom. The molecule has 0 aliphatic rings. The van der Waals surface area contributed by atoms with Gasteiger partial charge in [0.15, 0.2) is 0 Å². The van der Waals surface area contributed by atoms with Gasteiger partial charge in [0, 0.05) is 18.4 Å². The average Bonchev–Trinajstić information content (AvgIpc) is 2.31. The van der Waals surface area contributed by atoms with Crippen LogP contribution in [-0.4, -0.2) is 30.2 Å². The Bertz CT molecular complexity index is 246. The number of aliphatic hydroxyl groups is 1. The van der Waals surface area contributed by atoms with Crippen molar-refractivity contribution in [1.29, 1.82) is 0 Å². The lowest BCUT2D eigenvalue weighted by molar-refractivity contribution is -0.123. The van der Waals surface area contributed by atoms with Gasteiger partial charge in [-0.25, -0.2) is 0 Å². The molecule has 0 aliphatic heterocycles. The predicted molar refractivity (Wildman–Crippen MR) is 64.5 cm³/mol. The molecule has 0 radical (unpaired) electrons. The SMILES string of the molecule is C#CCC(N)C(=O)NCC(CC)(CC)CO. The van der Waals surface area contributed by atoms with Gasteiger partial charge in [0.05, 0.1) is 12.6 Å². The minimum Gasteiger partial charge on any atom is -0.396 e. The summed E-state index contributed by atoms with van der Waals surface area (Å²) >= 11 is 0. The van der Waals surface area contributed by atoms with Gasteiger partial charge in [-0.05, 0) is 12.8 Å². The van der Waals surface area contributed by atoms with E-state index in [0.717, 1.165) is 12.8 Å². The number of rotatable bonds is 7. The lowest BCUT2D eigenvalue weighted by Crippen LogP contribution is -2.46. The molecule has 0 saturated carbocycles. The van der Waals surface area contributed by atoms with E-state index in [1.807, 2.05) is 13.8 Å². The molecule has 16 heavy (non-hydrogen) atoms. The topological polar surface area (TPSA) is 75.4 Å². The Balaban J connectivity index is 4.22. The summed E-state index contributed by atoms with van der Waals surface area (Å²) in [5.74, 6) is 2.10. The minimum absolute atomic E-state index is 0.0602. The van der Waals surface area contributed by atoms with Crippen LogP contribution in [0.5, 0.6) is 0 Å². The van der Waals surface area contributed by atoms with E-state index < -0.39 is 6.04 Å². The third-order valence-corrected chi connectivity index (χ3v) is 3.15. The Morgan fingerprint density at radius 1 is 1.56 bits per heavy atom. The molecule has 92 valence electrons. The van der Waals surface area contributed by atoms with E-state index in [2.05, 4.69) is 11.2 Å². The number of carbonyl (C=O) groups excluding carboxylic acids is 1. The Morgan fingerprint density at radius 2 is 2.12 bits per heavy atom. The largest absolute Gasteiger partial charge is 0.396 e. The summed E-state index contributed by atoms with van der Waals surface area (Å²) in [7, 11) is 0. The Hall–Kier alpha value is -1.05. The zero-order valence-corrected chi connectivity index (χ0v) is 10.1. The number of amides is 1. The number of aliphatic hydroxyl groups excluding tert-OH is 1. The first-order valence-corrected chi connectivity index (χ1v) is 5.62. The predicted octanol–water partition coefficient (Wildman–Crippen LogP) is 0.252. The van der Waals surface area contributed by atoms with Crippen LogP contribution >= 0.6 is 0 Å². The standard InChI is InChI=1S/C12H22N2O2/c1-4-7-10(13)11(16)14-8-12(5-2,6-3)9-15/h1,10,15H,5-9,13H2,2-3H3,(H,14,16). The van der Waals surface area contributed by atoms with Gasteiger partial charge in [-0.3, -0.25) is 4.79 Å². The molecule has 1 unspecified atom stereocenters. The van der Waals surface area contributed by atoms with Crippen LogP contribution in [0.2, 0.25) is 0 Å². The summed E-state index contributed by atoms with van der Waals surface area (Å²) in [6.07, 6.45) is 6.93. The maximum Gasteiger partial charge on any atom is 0.237 e. The quantitative estimate of drug-likeness (QED) is 0.545. The van der Waals surface area contributed by atoms with Crippen molar-refractivity contribution < 1.29 is 9.90 Å². The summed E-state index contributed by atoms with van der Waals surface area (Å²) in [5.41, 5.74) is 5.32. The van der Waals surface area contributed by atoms with Gasteiger partial charge in [0.2, 0.25) is 5.91 Å². The molecule has 4 nitrogen and oxygen atoms in total. The van der Waals surface area contributed by atoms with Crippen LogP contribution in [-0.2, 0) is 4.79 Å². The summed E-state index contributed by atoms with van der Waals surface area (Å²) < 4.78 is 0. The third kappa shape index (κ3) is 4.21. The van der Waals surface area contributed by atoms with Crippen LogP contribution in [0.4, 0.5) is 0 Å². The molecule has 4 heteroatoms. The van der Waals surface area contributed by atoms with E-state index in [-0.39, 0.29) is 24.3 Å². The van der Waals surface area contributed by atoms with Gasteiger partial charge in [0.25, 0.3) is 0 Å². The summed E-state index contributed by atoms with van der Waals surface area (Å²) in [5, 5.41) is 12.1. The van der Waals surface area contributed by atoms with Crippen LogP contribution in [0.25, 0.3) is 0 Å². The molecular formula is C12H22N2O2. The molecule has 1 atom stereocenters. The van der Waals surface area contributed by atoms with E-state index in [9.17, 15) is 9.90 Å². The maximum atomic E-state index is 11.5. The first-order chi connectivity index (χ1) is 7.55. The van der Waals surface area contributed by atoms with Gasteiger partial charge in [-0.2, -0.15) is 0 Å². The molecule has 0 aromatic heterocycles. The van der Waals surface area contributed by atoms with Crippen molar-refractivity contribution in [1.82, 2.24) is 5.32 Å². The summed E-state index contributed by atoms with van der Waals surface area (Å²) in [6, 6.07) is -0.657. The second-order valence-corrected chi connectivity index (χ2v) is 4.10. The lowest BCUT2D eigenvalue weighted by Gasteiger charge is -2.29. The molecule has 0 spiro atoms. The highest BCUT2D eigenvalue weighted by molar-refractivity contribution is 5.81. The van der Waals surface area contributed by atoms with Gasteiger partial charge < -0.3 is 16.2 Å². The Kier molecular flexibility index (Phi) is 6.78. The number of hydrogen-bond donors (Lipinski definition) is 3. The van der Waals surface area contributed by atoms with Crippen molar-refractivity contribution in [3.8, 4) is 12.3 Å².